The van der Waals surface area contributed by atoms with Gasteiger partial charge in [0.15, 0.2) is 5.65 Å². The lowest BCUT2D eigenvalue weighted by molar-refractivity contribution is -0.00537. The predicted octanol–water partition coefficient (Wildman–Crippen LogP) is 2.52. The molecule has 0 aliphatic carbocycles. The second kappa shape index (κ2) is 7.13. The average molecular weight is 378 g/mol. The Kier molecular flexibility index (Phi) is 4.86. The van der Waals surface area contributed by atoms with Crippen LogP contribution in [0.25, 0.3) is 11.0 Å². The van der Waals surface area contributed by atoms with Gasteiger partial charge < -0.3 is 19.3 Å². The molecule has 1 unspecified atom stereocenters. The first-order valence-electron chi connectivity index (χ1n) is 9.10. The Morgan fingerprint density at radius 2 is 1.85 bits per heavy atom. The van der Waals surface area contributed by atoms with Crippen molar-refractivity contribution in [2.45, 2.75) is 39.0 Å². The number of hydrogen-bond donors (Lipinski definition) is 0. The van der Waals surface area contributed by atoms with E-state index in [1.165, 1.54) is 0 Å². The fraction of sp³-hybridized carbons (Fsp3) is 0.611. The molecule has 0 aromatic carbocycles. The Labute approximate surface area is 158 Å². The van der Waals surface area contributed by atoms with E-state index in [1.54, 1.807) is 6.07 Å². The van der Waals surface area contributed by atoms with Crippen LogP contribution in [0.4, 0.5) is 11.8 Å². The Morgan fingerprint density at radius 1 is 1.08 bits per heavy atom. The van der Waals surface area contributed by atoms with E-state index in [1.807, 2.05) is 6.07 Å². The van der Waals surface area contributed by atoms with E-state index in [9.17, 15) is 0 Å². The van der Waals surface area contributed by atoms with Crippen molar-refractivity contribution in [3.8, 4) is 0 Å². The largest absolute Gasteiger partial charge is 0.377 e. The van der Waals surface area contributed by atoms with Gasteiger partial charge in [0.1, 0.15) is 11.0 Å². The molecule has 3 atom stereocenters. The average Bonchev–Trinajstić information content (AvgIpc) is 2.60. The molecule has 4 heterocycles. The fourth-order valence-corrected chi connectivity index (χ4v) is 3.85. The van der Waals surface area contributed by atoms with Gasteiger partial charge >= 0.3 is 0 Å². The van der Waals surface area contributed by atoms with Crippen LogP contribution in [0.5, 0.6) is 0 Å². The molecule has 0 bridgehead atoms. The van der Waals surface area contributed by atoms with E-state index in [0.717, 1.165) is 30.8 Å². The molecule has 0 radical (unpaired) electrons. The van der Waals surface area contributed by atoms with Crippen LogP contribution in [0.2, 0.25) is 5.15 Å². The van der Waals surface area contributed by atoms with Gasteiger partial charge in [-0.2, -0.15) is 9.97 Å². The summed E-state index contributed by atoms with van der Waals surface area (Å²) < 4.78 is 11.4. The Hall–Kier alpha value is -1.70. The number of hydrogen-bond acceptors (Lipinski definition) is 7. The zero-order chi connectivity index (χ0) is 18.3. The SMILES string of the molecule is CC1COCCN1c1nc(N2C[C@@H](C)O[C@@H](C)C2)c2ccc(Cl)nc2n1. The maximum absolute atomic E-state index is 6.13. The minimum Gasteiger partial charge on any atom is -0.377 e. The number of ether oxygens (including phenoxy) is 2. The third kappa shape index (κ3) is 3.43. The molecule has 140 valence electrons. The summed E-state index contributed by atoms with van der Waals surface area (Å²) in [6.45, 7) is 9.99. The monoisotopic (exact) mass is 377 g/mol. The molecule has 0 N–H and O–H groups in total. The van der Waals surface area contributed by atoms with Gasteiger partial charge in [0.2, 0.25) is 5.95 Å². The highest BCUT2D eigenvalue weighted by molar-refractivity contribution is 6.29. The first-order valence-corrected chi connectivity index (χ1v) is 9.48. The second-order valence-corrected chi connectivity index (χ2v) is 7.52. The molecule has 2 aromatic rings. The lowest BCUT2D eigenvalue weighted by Gasteiger charge is -2.37. The minimum absolute atomic E-state index is 0.148. The van der Waals surface area contributed by atoms with Gasteiger partial charge in [-0.15, -0.1) is 0 Å². The number of morpholine rings is 2. The lowest BCUT2D eigenvalue weighted by atomic mass is 10.2. The van der Waals surface area contributed by atoms with Crippen molar-refractivity contribution >= 4 is 34.4 Å². The molecule has 0 spiro atoms. The van der Waals surface area contributed by atoms with Crippen molar-refractivity contribution < 1.29 is 9.47 Å². The molecule has 4 rings (SSSR count). The van der Waals surface area contributed by atoms with Crippen molar-refractivity contribution in [2.75, 3.05) is 42.6 Å². The van der Waals surface area contributed by atoms with Gasteiger partial charge in [0.05, 0.1) is 36.8 Å². The highest BCUT2D eigenvalue weighted by Gasteiger charge is 2.28. The van der Waals surface area contributed by atoms with Crippen molar-refractivity contribution in [2.24, 2.45) is 0 Å². The molecule has 26 heavy (non-hydrogen) atoms. The fourth-order valence-electron chi connectivity index (χ4n) is 3.70. The molecular weight excluding hydrogens is 354 g/mol. The molecule has 7 nitrogen and oxygen atoms in total. The smallest absolute Gasteiger partial charge is 0.229 e. The summed E-state index contributed by atoms with van der Waals surface area (Å²) in [6.07, 6.45) is 0.296. The van der Waals surface area contributed by atoms with Gasteiger partial charge in [-0.1, -0.05) is 11.6 Å². The molecule has 2 fully saturated rings. The van der Waals surface area contributed by atoms with Gasteiger partial charge in [0, 0.05) is 19.6 Å². The van der Waals surface area contributed by atoms with Crippen LogP contribution in [0, 0.1) is 0 Å². The third-order valence-corrected chi connectivity index (χ3v) is 5.05. The van der Waals surface area contributed by atoms with Crippen LogP contribution in [-0.2, 0) is 9.47 Å². The number of fused-ring (bicyclic) bond motifs is 1. The summed E-state index contributed by atoms with van der Waals surface area (Å²) in [6, 6.07) is 3.97. The summed E-state index contributed by atoms with van der Waals surface area (Å²) in [4.78, 5) is 18.6. The van der Waals surface area contributed by atoms with E-state index >= 15 is 0 Å². The Bertz CT molecular complexity index is 794. The Morgan fingerprint density at radius 3 is 2.58 bits per heavy atom. The van der Waals surface area contributed by atoms with E-state index in [0.29, 0.717) is 30.0 Å². The molecular formula is C18H24ClN5O2. The highest BCUT2D eigenvalue weighted by Crippen LogP contribution is 2.30. The zero-order valence-corrected chi connectivity index (χ0v) is 16.1. The van der Waals surface area contributed by atoms with Crippen molar-refractivity contribution in [3.05, 3.63) is 17.3 Å². The molecule has 0 saturated carbocycles. The number of anilines is 2. The zero-order valence-electron chi connectivity index (χ0n) is 15.4. The van der Waals surface area contributed by atoms with Gasteiger partial charge in [0.25, 0.3) is 0 Å². The van der Waals surface area contributed by atoms with Crippen molar-refractivity contribution in [1.82, 2.24) is 15.0 Å². The summed E-state index contributed by atoms with van der Waals surface area (Å²) in [5.41, 5.74) is 0.628. The summed E-state index contributed by atoms with van der Waals surface area (Å²) in [5, 5.41) is 1.35. The van der Waals surface area contributed by atoms with Crippen LogP contribution in [-0.4, -0.2) is 66.0 Å². The van der Waals surface area contributed by atoms with Crippen LogP contribution in [0.15, 0.2) is 12.1 Å². The number of pyridine rings is 1. The van der Waals surface area contributed by atoms with Crippen LogP contribution in [0.1, 0.15) is 20.8 Å². The number of halogens is 1. The molecule has 2 aromatic heterocycles. The summed E-state index contributed by atoms with van der Waals surface area (Å²) in [7, 11) is 0. The van der Waals surface area contributed by atoms with Gasteiger partial charge in [-0.25, -0.2) is 4.98 Å². The van der Waals surface area contributed by atoms with Crippen LogP contribution >= 0.6 is 11.6 Å². The molecule has 0 amide bonds. The van der Waals surface area contributed by atoms with Crippen LogP contribution in [0.3, 0.4) is 0 Å². The van der Waals surface area contributed by atoms with Crippen molar-refractivity contribution in [1.29, 1.82) is 0 Å². The molecule has 8 heteroatoms. The lowest BCUT2D eigenvalue weighted by Crippen LogP contribution is -2.47. The first-order chi connectivity index (χ1) is 12.5. The maximum atomic E-state index is 6.13. The quantitative estimate of drug-likeness (QED) is 0.745. The number of nitrogens with zero attached hydrogens (tertiary/aromatic N) is 5. The van der Waals surface area contributed by atoms with E-state index in [2.05, 4.69) is 35.6 Å². The summed E-state index contributed by atoms with van der Waals surface area (Å²) in [5.74, 6) is 1.58. The van der Waals surface area contributed by atoms with Crippen molar-refractivity contribution in [3.63, 3.8) is 0 Å². The second-order valence-electron chi connectivity index (χ2n) is 7.13. The maximum Gasteiger partial charge on any atom is 0.229 e. The van der Waals surface area contributed by atoms with E-state index in [4.69, 9.17) is 31.0 Å². The molecule has 2 aliphatic rings. The predicted molar refractivity (Wildman–Crippen MR) is 102 cm³/mol. The normalized spacial score (nSPS) is 27.2. The van der Waals surface area contributed by atoms with E-state index < -0.39 is 0 Å². The van der Waals surface area contributed by atoms with E-state index in [-0.39, 0.29) is 18.2 Å². The molecule has 2 aliphatic heterocycles. The first kappa shape index (κ1) is 17.7. The topological polar surface area (TPSA) is 63.6 Å². The molecule has 2 saturated heterocycles. The van der Waals surface area contributed by atoms with Gasteiger partial charge in [-0.05, 0) is 32.9 Å². The highest BCUT2D eigenvalue weighted by atomic mass is 35.5. The Balaban J connectivity index is 1.81. The third-order valence-electron chi connectivity index (χ3n) is 4.84. The number of rotatable bonds is 2. The standard InChI is InChI=1S/C18H24ClN5O2/c1-11-10-25-7-6-24(11)18-21-16-14(4-5-15(19)20-16)17(22-18)23-8-12(2)26-13(3)9-23/h4-5,11-13H,6-10H2,1-3H3/t11?,12-,13+. The summed E-state index contributed by atoms with van der Waals surface area (Å²) >= 11 is 6.13. The minimum atomic E-state index is 0.148. The van der Waals surface area contributed by atoms with Crippen LogP contribution < -0.4 is 9.80 Å². The number of aromatic nitrogens is 3. The van der Waals surface area contributed by atoms with Gasteiger partial charge in [-0.3, -0.25) is 0 Å².